The van der Waals surface area contributed by atoms with Gasteiger partial charge in [-0.15, -0.1) is 0 Å². The molecule has 1 fully saturated rings. The zero-order chi connectivity index (χ0) is 20.7. The number of hydrogen-bond donors (Lipinski definition) is 1. The second kappa shape index (κ2) is 7.18. The molecule has 1 aliphatic rings. The summed E-state index contributed by atoms with van der Waals surface area (Å²) in [6.45, 7) is 1.71. The van der Waals surface area contributed by atoms with E-state index >= 15 is 0 Å². The zero-order valence-corrected chi connectivity index (χ0v) is 16.0. The molecule has 30 heavy (non-hydrogen) atoms. The van der Waals surface area contributed by atoms with E-state index in [-0.39, 0.29) is 11.6 Å². The molecule has 1 saturated carbocycles. The lowest BCUT2D eigenvalue weighted by molar-refractivity contribution is 0.211. The summed E-state index contributed by atoms with van der Waals surface area (Å²) in [6.07, 6.45) is 6.00. The first-order valence-electron chi connectivity index (χ1n) is 9.49. The van der Waals surface area contributed by atoms with Crippen LogP contribution in [-0.2, 0) is 0 Å². The molecule has 3 heterocycles. The van der Waals surface area contributed by atoms with Crippen LogP contribution < -0.4 is 10.2 Å². The molecule has 9 heteroatoms. The highest BCUT2D eigenvalue weighted by Crippen LogP contribution is 2.42. The van der Waals surface area contributed by atoms with Crippen LogP contribution in [0, 0.1) is 12.7 Å². The molecule has 8 nitrogen and oxygen atoms in total. The van der Waals surface area contributed by atoms with Crippen LogP contribution in [0.25, 0.3) is 22.6 Å². The number of aryl methyl sites for hydroxylation is 1. The van der Waals surface area contributed by atoms with E-state index in [2.05, 4.69) is 25.4 Å². The van der Waals surface area contributed by atoms with E-state index in [1.807, 2.05) is 6.07 Å². The van der Waals surface area contributed by atoms with Crippen molar-refractivity contribution in [3.8, 4) is 17.4 Å². The van der Waals surface area contributed by atoms with Crippen molar-refractivity contribution in [1.82, 2.24) is 24.6 Å². The van der Waals surface area contributed by atoms with Crippen LogP contribution in [0.4, 0.5) is 9.18 Å². The standard InChI is InChI=1S/C21H17FN6O2/c1-12-18(11-25-20(26-12)19-23-7-2-8-24-19)30-21(29)27-28-16-6-5-15(22)9-14(16)10-17(28)13-3-4-13/h2,5-11,13H,3-4H2,1H3,(H,27,29). The number of hydrogen-bond acceptors (Lipinski definition) is 6. The van der Waals surface area contributed by atoms with Gasteiger partial charge in [0, 0.05) is 29.4 Å². The number of carbonyl (C=O) groups is 1. The van der Waals surface area contributed by atoms with Gasteiger partial charge in [-0.05, 0) is 50.1 Å². The largest absolute Gasteiger partial charge is 0.432 e. The van der Waals surface area contributed by atoms with Gasteiger partial charge in [-0.25, -0.2) is 34.5 Å². The summed E-state index contributed by atoms with van der Waals surface area (Å²) in [4.78, 5) is 29.3. The molecule has 0 radical (unpaired) electrons. The summed E-state index contributed by atoms with van der Waals surface area (Å²) in [5.41, 5.74) is 4.86. The van der Waals surface area contributed by atoms with Crippen molar-refractivity contribution in [2.75, 3.05) is 5.43 Å². The van der Waals surface area contributed by atoms with E-state index in [4.69, 9.17) is 4.74 Å². The van der Waals surface area contributed by atoms with Crippen molar-refractivity contribution < 1.29 is 13.9 Å². The minimum atomic E-state index is -0.686. The Morgan fingerprint density at radius 3 is 2.70 bits per heavy atom. The Morgan fingerprint density at radius 2 is 1.97 bits per heavy atom. The fraction of sp³-hybridized carbons (Fsp3) is 0.190. The molecule has 0 aliphatic heterocycles. The van der Waals surface area contributed by atoms with Gasteiger partial charge in [0.2, 0.25) is 0 Å². The molecule has 1 amide bonds. The van der Waals surface area contributed by atoms with E-state index in [1.165, 1.54) is 18.3 Å². The molecular weight excluding hydrogens is 387 g/mol. The second-order valence-corrected chi connectivity index (χ2v) is 7.10. The number of carbonyl (C=O) groups excluding carboxylic acids is 1. The Bertz CT molecular complexity index is 1250. The highest BCUT2D eigenvalue weighted by Gasteiger charge is 2.29. The van der Waals surface area contributed by atoms with Gasteiger partial charge in [0.15, 0.2) is 17.4 Å². The van der Waals surface area contributed by atoms with Gasteiger partial charge in [0.05, 0.1) is 17.4 Å². The number of halogens is 1. The van der Waals surface area contributed by atoms with Gasteiger partial charge >= 0.3 is 6.09 Å². The molecule has 0 unspecified atom stereocenters. The van der Waals surface area contributed by atoms with Crippen molar-refractivity contribution in [3.63, 3.8) is 0 Å². The minimum Gasteiger partial charge on any atom is -0.406 e. The van der Waals surface area contributed by atoms with Crippen LogP contribution in [0.5, 0.6) is 5.75 Å². The predicted molar refractivity (Wildman–Crippen MR) is 107 cm³/mol. The van der Waals surface area contributed by atoms with Gasteiger partial charge in [-0.1, -0.05) is 0 Å². The third-order valence-corrected chi connectivity index (χ3v) is 4.89. The number of rotatable bonds is 4. The smallest absolute Gasteiger partial charge is 0.406 e. The van der Waals surface area contributed by atoms with Gasteiger partial charge in [-0.3, -0.25) is 4.68 Å². The maximum atomic E-state index is 13.6. The molecule has 0 saturated heterocycles. The minimum absolute atomic E-state index is 0.225. The molecule has 1 aliphatic carbocycles. The zero-order valence-electron chi connectivity index (χ0n) is 16.0. The number of benzene rings is 1. The molecular formula is C21H17FN6O2. The van der Waals surface area contributed by atoms with Crippen LogP contribution >= 0.6 is 0 Å². The molecule has 1 aromatic carbocycles. The van der Waals surface area contributed by atoms with E-state index in [1.54, 1.807) is 36.1 Å². The van der Waals surface area contributed by atoms with Gasteiger partial charge in [0.1, 0.15) is 5.82 Å². The lowest BCUT2D eigenvalue weighted by Crippen LogP contribution is -2.27. The third-order valence-electron chi connectivity index (χ3n) is 4.89. The van der Waals surface area contributed by atoms with Crippen LogP contribution in [-0.4, -0.2) is 30.7 Å². The quantitative estimate of drug-likeness (QED) is 0.553. The molecule has 0 spiro atoms. The maximum Gasteiger partial charge on any atom is 0.432 e. The molecule has 4 aromatic rings. The normalized spacial score (nSPS) is 13.4. The van der Waals surface area contributed by atoms with Crippen molar-refractivity contribution in [3.05, 3.63) is 66.1 Å². The Kier molecular flexibility index (Phi) is 4.35. The summed E-state index contributed by atoms with van der Waals surface area (Å²) in [6, 6.07) is 8.06. The molecule has 1 N–H and O–H groups in total. The average molecular weight is 404 g/mol. The summed E-state index contributed by atoms with van der Waals surface area (Å²) in [7, 11) is 0. The SMILES string of the molecule is Cc1nc(-c2ncccn2)ncc1OC(=O)Nn1c(C2CC2)cc2cc(F)ccc21. The van der Waals surface area contributed by atoms with E-state index in [0.29, 0.717) is 28.8 Å². The number of fused-ring (bicyclic) bond motifs is 1. The van der Waals surface area contributed by atoms with Crippen molar-refractivity contribution in [1.29, 1.82) is 0 Å². The number of nitrogens with one attached hydrogen (secondary N) is 1. The molecule has 0 bridgehead atoms. The van der Waals surface area contributed by atoms with Crippen molar-refractivity contribution in [2.24, 2.45) is 0 Å². The highest BCUT2D eigenvalue weighted by molar-refractivity contribution is 5.86. The monoisotopic (exact) mass is 404 g/mol. The maximum absolute atomic E-state index is 13.6. The number of aromatic nitrogens is 5. The second-order valence-electron chi connectivity index (χ2n) is 7.10. The van der Waals surface area contributed by atoms with E-state index in [0.717, 1.165) is 23.9 Å². The third kappa shape index (κ3) is 3.45. The molecule has 0 atom stereocenters. The lowest BCUT2D eigenvalue weighted by Gasteiger charge is -2.13. The Morgan fingerprint density at radius 1 is 1.17 bits per heavy atom. The van der Waals surface area contributed by atoms with Crippen molar-refractivity contribution >= 4 is 17.0 Å². The van der Waals surface area contributed by atoms with Crippen LogP contribution in [0.2, 0.25) is 0 Å². The average Bonchev–Trinajstić information content (AvgIpc) is 3.53. The van der Waals surface area contributed by atoms with Gasteiger partial charge < -0.3 is 4.74 Å². The van der Waals surface area contributed by atoms with Crippen molar-refractivity contribution in [2.45, 2.75) is 25.7 Å². The van der Waals surface area contributed by atoms with E-state index < -0.39 is 6.09 Å². The first-order valence-corrected chi connectivity index (χ1v) is 9.49. The van der Waals surface area contributed by atoms with Crippen LogP contribution in [0.1, 0.15) is 30.1 Å². The fourth-order valence-electron chi connectivity index (χ4n) is 3.30. The number of ether oxygens (including phenoxy) is 1. The fourth-order valence-corrected chi connectivity index (χ4v) is 3.30. The van der Waals surface area contributed by atoms with Gasteiger partial charge in [0.25, 0.3) is 0 Å². The first kappa shape index (κ1) is 18.2. The lowest BCUT2D eigenvalue weighted by atomic mass is 10.2. The Balaban J connectivity index is 1.39. The highest BCUT2D eigenvalue weighted by atomic mass is 19.1. The number of nitrogens with zero attached hydrogens (tertiary/aromatic N) is 5. The summed E-state index contributed by atoms with van der Waals surface area (Å²) >= 11 is 0. The Labute approximate surface area is 170 Å². The van der Waals surface area contributed by atoms with E-state index in [9.17, 15) is 9.18 Å². The summed E-state index contributed by atoms with van der Waals surface area (Å²) in [5, 5.41) is 0.726. The van der Waals surface area contributed by atoms with Gasteiger partial charge in [-0.2, -0.15) is 0 Å². The molecule has 5 rings (SSSR count). The number of amides is 1. The molecule has 150 valence electrons. The first-order chi connectivity index (χ1) is 14.6. The van der Waals surface area contributed by atoms with Crippen LogP contribution in [0.3, 0.4) is 0 Å². The predicted octanol–water partition coefficient (Wildman–Crippen LogP) is 3.96. The Hall–Kier alpha value is -3.88. The topological polar surface area (TPSA) is 94.8 Å². The van der Waals surface area contributed by atoms with Crippen LogP contribution in [0.15, 0.2) is 48.9 Å². The summed E-state index contributed by atoms with van der Waals surface area (Å²) < 4.78 is 20.7. The summed E-state index contributed by atoms with van der Waals surface area (Å²) in [5.74, 6) is 0.977. The molecule has 3 aromatic heterocycles.